The Morgan fingerprint density at radius 3 is 2.25 bits per heavy atom. The third-order valence-electron chi connectivity index (χ3n) is 4.12. The number of amides is 2. The molecule has 0 radical (unpaired) electrons. The summed E-state index contributed by atoms with van der Waals surface area (Å²) in [5.41, 5.74) is 2.44. The second-order valence-electron chi connectivity index (χ2n) is 6.13. The van der Waals surface area contributed by atoms with Crippen LogP contribution in [0.2, 0.25) is 0 Å². The van der Waals surface area contributed by atoms with E-state index in [4.69, 9.17) is 4.74 Å². The Labute approximate surface area is 164 Å². The van der Waals surface area contributed by atoms with E-state index >= 15 is 0 Å². The molecule has 0 aliphatic carbocycles. The summed E-state index contributed by atoms with van der Waals surface area (Å²) in [4.78, 5) is 25.1. The highest BCUT2D eigenvalue weighted by atomic mass is 16.5. The molecular formula is C23H22N2O3. The van der Waals surface area contributed by atoms with E-state index in [0.717, 1.165) is 5.56 Å². The van der Waals surface area contributed by atoms with Crippen LogP contribution in [0.15, 0.2) is 78.9 Å². The van der Waals surface area contributed by atoms with Crippen molar-refractivity contribution >= 4 is 17.5 Å². The van der Waals surface area contributed by atoms with Crippen molar-refractivity contribution in [1.29, 1.82) is 0 Å². The van der Waals surface area contributed by atoms with Crippen LogP contribution < -0.4 is 15.4 Å². The lowest BCUT2D eigenvalue weighted by atomic mass is 10.1. The average molecular weight is 374 g/mol. The number of carbonyl (C=O) groups excluding carboxylic acids is 2. The molecule has 0 spiro atoms. The van der Waals surface area contributed by atoms with Gasteiger partial charge in [0, 0.05) is 17.7 Å². The molecule has 0 fully saturated rings. The van der Waals surface area contributed by atoms with E-state index in [0.29, 0.717) is 35.7 Å². The molecule has 0 saturated heterocycles. The molecule has 0 saturated carbocycles. The zero-order valence-corrected chi connectivity index (χ0v) is 15.6. The SMILES string of the molecule is CCOc1ccccc1NC(=O)c1cccc(C(=O)NCc2ccccc2)c1. The van der Waals surface area contributed by atoms with Crippen LogP contribution in [0, 0.1) is 0 Å². The van der Waals surface area contributed by atoms with Gasteiger partial charge in [-0.05, 0) is 42.8 Å². The first kappa shape index (κ1) is 19.2. The van der Waals surface area contributed by atoms with Crippen LogP contribution in [-0.4, -0.2) is 18.4 Å². The van der Waals surface area contributed by atoms with Gasteiger partial charge in [0.05, 0.1) is 12.3 Å². The Hall–Kier alpha value is -3.60. The van der Waals surface area contributed by atoms with Gasteiger partial charge in [0.2, 0.25) is 0 Å². The predicted octanol–water partition coefficient (Wildman–Crippen LogP) is 4.27. The molecule has 0 aliphatic rings. The summed E-state index contributed by atoms with van der Waals surface area (Å²) >= 11 is 0. The van der Waals surface area contributed by atoms with Crippen molar-refractivity contribution in [2.24, 2.45) is 0 Å². The molecular weight excluding hydrogens is 352 g/mol. The monoisotopic (exact) mass is 374 g/mol. The normalized spacial score (nSPS) is 10.2. The van der Waals surface area contributed by atoms with Gasteiger partial charge in [0.1, 0.15) is 5.75 Å². The standard InChI is InChI=1S/C23H22N2O3/c1-2-28-21-14-7-6-13-20(21)25-23(27)19-12-8-11-18(15-19)22(26)24-16-17-9-4-3-5-10-17/h3-15H,2,16H2,1H3,(H,24,26)(H,25,27). The van der Waals surface area contributed by atoms with Crippen molar-refractivity contribution in [3.63, 3.8) is 0 Å². The van der Waals surface area contributed by atoms with Gasteiger partial charge < -0.3 is 15.4 Å². The largest absolute Gasteiger partial charge is 0.492 e. The van der Waals surface area contributed by atoms with Gasteiger partial charge in [-0.1, -0.05) is 48.5 Å². The fourth-order valence-corrected chi connectivity index (χ4v) is 2.73. The number of nitrogens with one attached hydrogen (secondary N) is 2. The highest BCUT2D eigenvalue weighted by Crippen LogP contribution is 2.24. The first-order chi connectivity index (χ1) is 13.7. The summed E-state index contributed by atoms with van der Waals surface area (Å²) in [6.45, 7) is 2.82. The maximum absolute atomic E-state index is 12.6. The maximum Gasteiger partial charge on any atom is 0.255 e. The van der Waals surface area contributed by atoms with Crippen LogP contribution in [0.25, 0.3) is 0 Å². The topological polar surface area (TPSA) is 67.4 Å². The van der Waals surface area contributed by atoms with E-state index in [1.165, 1.54) is 0 Å². The third-order valence-corrected chi connectivity index (χ3v) is 4.12. The fourth-order valence-electron chi connectivity index (χ4n) is 2.73. The van der Waals surface area contributed by atoms with Crippen LogP contribution in [0.4, 0.5) is 5.69 Å². The minimum atomic E-state index is -0.301. The molecule has 0 aliphatic heterocycles. The van der Waals surface area contributed by atoms with Gasteiger partial charge in [0.25, 0.3) is 11.8 Å². The number of carbonyl (C=O) groups is 2. The number of rotatable bonds is 7. The second-order valence-corrected chi connectivity index (χ2v) is 6.13. The van der Waals surface area contributed by atoms with E-state index in [-0.39, 0.29) is 11.8 Å². The van der Waals surface area contributed by atoms with E-state index in [1.54, 1.807) is 36.4 Å². The number of para-hydroxylation sites is 2. The van der Waals surface area contributed by atoms with Gasteiger partial charge in [-0.25, -0.2) is 0 Å². The molecule has 3 rings (SSSR count). The lowest BCUT2D eigenvalue weighted by molar-refractivity contribution is 0.0951. The maximum atomic E-state index is 12.6. The zero-order chi connectivity index (χ0) is 19.8. The van der Waals surface area contributed by atoms with Gasteiger partial charge in [-0.2, -0.15) is 0 Å². The minimum absolute atomic E-state index is 0.229. The van der Waals surface area contributed by atoms with Gasteiger partial charge in [0.15, 0.2) is 0 Å². The second kappa shape index (κ2) is 9.37. The molecule has 2 N–H and O–H groups in total. The molecule has 5 heteroatoms. The van der Waals surface area contributed by atoms with Crippen LogP contribution in [0.5, 0.6) is 5.75 Å². The number of ether oxygens (including phenoxy) is 1. The zero-order valence-electron chi connectivity index (χ0n) is 15.6. The van der Waals surface area contributed by atoms with Crippen molar-refractivity contribution in [2.75, 3.05) is 11.9 Å². The fraction of sp³-hybridized carbons (Fsp3) is 0.130. The number of benzene rings is 3. The summed E-state index contributed by atoms with van der Waals surface area (Å²) in [7, 11) is 0. The Kier molecular flexibility index (Phi) is 6.41. The van der Waals surface area contributed by atoms with E-state index in [2.05, 4.69) is 10.6 Å². The Balaban J connectivity index is 1.68. The molecule has 0 aromatic heterocycles. The van der Waals surface area contributed by atoms with E-state index < -0.39 is 0 Å². The quantitative estimate of drug-likeness (QED) is 0.649. The average Bonchev–Trinajstić information content (AvgIpc) is 2.74. The van der Waals surface area contributed by atoms with Gasteiger partial charge >= 0.3 is 0 Å². The lowest BCUT2D eigenvalue weighted by Crippen LogP contribution is -2.23. The van der Waals surface area contributed by atoms with Crippen LogP contribution in [0.3, 0.4) is 0 Å². The molecule has 0 heterocycles. The molecule has 2 amide bonds. The highest BCUT2D eigenvalue weighted by molar-refractivity contribution is 6.06. The summed E-state index contributed by atoms with van der Waals surface area (Å²) in [6, 6.07) is 23.5. The summed E-state index contributed by atoms with van der Waals surface area (Å²) in [5, 5.41) is 5.71. The minimum Gasteiger partial charge on any atom is -0.492 e. The molecule has 0 bridgehead atoms. The molecule has 5 nitrogen and oxygen atoms in total. The number of anilines is 1. The van der Waals surface area contributed by atoms with Crippen molar-refractivity contribution in [2.45, 2.75) is 13.5 Å². The van der Waals surface area contributed by atoms with Crippen molar-refractivity contribution < 1.29 is 14.3 Å². The highest BCUT2D eigenvalue weighted by Gasteiger charge is 2.12. The predicted molar refractivity (Wildman–Crippen MR) is 110 cm³/mol. The lowest BCUT2D eigenvalue weighted by Gasteiger charge is -2.12. The Morgan fingerprint density at radius 2 is 1.50 bits per heavy atom. The van der Waals surface area contributed by atoms with Crippen molar-refractivity contribution in [3.8, 4) is 5.75 Å². The van der Waals surface area contributed by atoms with Crippen LogP contribution in [0.1, 0.15) is 33.2 Å². The van der Waals surface area contributed by atoms with Crippen molar-refractivity contribution in [1.82, 2.24) is 5.32 Å². The summed E-state index contributed by atoms with van der Waals surface area (Å²) in [5.74, 6) is 0.0770. The number of hydrogen-bond acceptors (Lipinski definition) is 3. The molecule has 142 valence electrons. The first-order valence-corrected chi connectivity index (χ1v) is 9.12. The van der Waals surface area contributed by atoms with Gasteiger partial charge in [-0.3, -0.25) is 9.59 Å². The number of hydrogen-bond donors (Lipinski definition) is 2. The summed E-state index contributed by atoms with van der Waals surface area (Å²) < 4.78 is 5.53. The molecule has 3 aromatic carbocycles. The van der Waals surface area contributed by atoms with Crippen molar-refractivity contribution in [3.05, 3.63) is 95.6 Å². The first-order valence-electron chi connectivity index (χ1n) is 9.12. The third kappa shape index (κ3) is 4.98. The molecule has 0 atom stereocenters. The molecule has 28 heavy (non-hydrogen) atoms. The summed E-state index contributed by atoms with van der Waals surface area (Å²) in [6.07, 6.45) is 0. The molecule has 3 aromatic rings. The molecule has 0 unspecified atom stereocenters. The van der Waals surface area contributed by atoms with Crippen LogP contribution >= 0.6 is 0 Å². The smallest absolute Gasteiger partial charge is 0.255 e. The van der Waals surface area contributed by atoms with Crippen LogP contribution in [-0.2, 0) is 6.54 Å². The Morgan fingerprint density at radius 1 is 0.821 bits per heavy atom. The van der Waals surface area contributed by atoms with Gasteiger partial charge in [-0.15, -0.1) is 0 Å². The van der Waals surface area contributed by atoms with E-state index in [9.17, 15) is 9.59 Å². The van der Waals surface area contributed by atoms with E-state index in [1.807, 2.05) is 49.4 Å². The Bertz CT molecular complexity index is 955.